The molecule has 1 amide bonds. The van der Waals surface area contributed by atoms with Gasteiger partial charge in [0.2, 0.25) is 5.91 Å². The SMILES string of the molecule is CCCCCCC(C)NC(=NC)NCc1ccc(OC)c(NC(C)=O)c1. The van der Waals surface area contributed by atoms with Crippen molar-refractivity contribution in [2.24, 2.45) is 4.99 Å². The van der Waals surface area contributed by atoms with Crippen molar-refractivity contribution in [2.45, 2.75) is 65.5 Å². The van der Waals surface area contributed by atoms with E-state index in [9.17, 15) is 4.79 Å². The van der Waals surface area contributed by atoms with E-state index in [0.29, 0.717) is 24.0 Å². The van der Waals surface area contributed by atoms with Crippen LogP contribution in [0, 0.1) is 0 Å². The number of carbonyl (C=O) groups excluding carboxylic acids is 1. The second kappa shape index (κ2) is 12.2. The molecule has 1 aromatic carbocycles. The van der Waals surface area contributed by atoms with Crippen molar-refractivity contribution in [1.29, 1.82) is 0 Å². The van der Waals surface area contributed by atoms with Crippen molar-refractivity contribution in [1.82, 2.24) is 10.6 Å². The molecule has 0 saturated heterocycles. The molecular formula is C20H34N4O2. The van der Waals surface area contributed by atoms with Crippen LogP contribution in [0.25, 0.3) is 0 Å². The predicted octanol–water partition coefficient (Wildman–Crippen LogP) is 3.68. The van der Waals surface area contributed by atoms with E-state index in [1.165, 1.54) is 32.6 Å². The first kappa shape index (κ1) is 21.8. The highest BCUT2D eigenvalue weighted by molar-refractivity contribution is 5.90. The first-order valence-electron chi connectivity index (χ1n) is 9.41. The average Bonchev–Trinajstić information content (AvgIpc) is 2.62. The molecule has 6 heteroatoms. The molecular weight excluding hydrogens is 328 g/mol. The molecule has 1 rings (SSSR count). The highest BCUT2D eigenvalue weighted by Crippen LogP contribution is 2.25. The highest BCUT2D eigenvalue weighted by atomic mass is 16.5. The molecule has 1 aromatic rings. The second-order valence-corrected chi connectivity index (χ2v) is 6.54. The predicted molar refractivity (Wildman–Crippen MR) is 109 cm³/mol. The Kier molecular flexibility index (Phi) is 10.2. The maximum absolute atomic E-state index is 11.3. The van der Waals surface area contributed by atoms with Crippen molar-refractivity contribution < 1.29 is 9.53 Å². The Labute approximate surface area is 157 Å². The van der Waals surface area contributed by atoms with Gasteiger partial charge in [0, 0.05) is 26.6 Å². The molecule has 3 N–H and O–H groups in total. The number of anilines is 1. The molecule has 0 fully saturated rings. The standard InChI is InChI=1S/C20H34N4O2/c1-6-7-8-9-10-15(2)23-20(21-4)22-14-17-11-12-19(26-5)18(13-17)24-16(3)25/h11-13,15H,6-10,14H2,1-5H3,(H,24,25)(H2,21,22,23). The van der Waals surface area contributed by atoms with Crippen molar-refractivity contribution in [2.75, 3.05) is 19.5 Å². The van der Waals surface area contributed by atoms with Gasteiger partial charge in [0.15, 0.2) is 5.96 Å². The monoisotopic (exact) mass is 362 g/mol. The van der Waals surface area contributed by atoms with E-state index in [-0.39, 0.29) is 5.91 Å². The van der Waals surface area contributed by atoms with E-state index in [1.54, 1.807) is 14.2 Å². The topological polar surface area (TPSA) is 74.8 Å². The largest absolute Gasteiger partial charge is 0.495 e. The van der Waals surface area contributed by atoms with E-state index < -0.39 is 0 Å². The fourth-order valence-corrected chi connectivity index (χ4v) is 2.72. The lowest BCUT2D eigenvalue weighted by Crippen LogP contribution is -2.41. The van der Waals surface area contributed by atoms with Gasteiger partial charge in [-0.25, -0.2) is 0 Å². The van der Waals surface area contributed by atoms with Gasteiger partial charge in [0.05, 0.1) is 12.8 Å². The smallest absolute Gasteiger partial charge is 0.221 e. The van der Waals surface area contributed by atoms with Gasteiger partial charge in [-0.3, -0.25) is 9.79 Å². The van der Waals surface area contributed by atoms with Crippen molar-refractivity contribution in [3.8, 4) is 5.75 Å². The van der Waals surface area contributed by atoms with Crippen molar-refractivity contribution in [3.05, 3.63) is 23.8 Å². The molecule has 26 heavy (non-hydrogen) atoms. The summed E-state index contributed by atoms with van der Waals surface area (Å²) in [7, 11) is 3.36. The molecule has 0 bridgehead atoms. The number of carbonyl (C=O) groups is 1. The third-order valence-electron chi connectivity index (χ3n) is 4.13. The number of ether oxygens (including phenoxy) is 1. The Morgan fingerprint density at radius 2 is 2.04 bits per heavy atom. The number of hydrogen-bond donors (Lipinski definition) is 3. The Balaban J connectivity index is 2.56. The van der Waals surface area contributed by atoms with Crippen LogP contribution in [0.15, 0.2) is 23.2 Å². The summed E-state index contributed by atoms with van der Waals surface area (Å²) in [6.07, 6.45) is 6.21. The summed E-state index contributed by atoms with van der Waals surface area (Å²) in [5.74, 6) is 1.31. The summed E-state index contributed by atoms with van der Waals surface area (Å²) in [4.78, 5) is 15.6. The number of unbranched alkanes of at least 4 members (excludes halogenated alkanes) is 3. The fraction of sp³-hybridized carbons (Fsp3) is 0.600. The van der Waals surface area contributed by atoms with Crippen LogP contribution in [0.2, 0.25) is 0 Å². The Hall–Kier alpha value is -2.24. The minimum atomic E-state index is -0.122. The molecule has 0 aromatic heterocycles. The third-order valence-corrected chi connectivity index (χ3v) is 4.13. The number of nitrogens with one attached hydrogen (secondary N) is 3. The van der Waals surface area contributed by atoms with Gasteiger partial charge in [-0.2, -0.15) is 0 Å². The van der Waals surface area contributed by atoms with Crippen LogP contribution in [0.5, 0.6) is 5.75 Å². The molecule has 0 aliphatic heterocycles. The molecule has 0 saturated carbocycles. The fourth-order valence-electron chi connectivity index (χ4n) is 2.72. The maximum Gasteiger partial charge on any atom is 0.221 e. The molecule has 0 aliphatic rings. The summed E-state index contributed by atoms with van der Waals surface area (Å²) in [6.45, 7) is 6.50. The summed E-state index contributed by atoms with van der Waals surface area (Å²) < 4.78 is 5.28. The number of aliphatic imine (C=N–C) groups is 1. The lowest BCUT2D eigenvalue weighted by atomic mass is 10.1. The Morgan fingerprint density at radius 3 is 2.65 bits per heavy atom. The van der Waals surface area contributed by atoms with Gasteiger partial charge in [-0.15, -0.1) is 0 Å². The molecule has 0 radical (unpaired) electrons. The quantitative estimate of drug-likeness (QED) is 0.337. The Bertz CT molecular complexity index is 587. The lowest BCUT2D eigenvalue weighted by molar-refractivity contribution is -0.114. The third kappa shape index (κ3) is 8.23. The van der Waals surface area contributed by atoms with Crippen LogP contribution >= 0.6 is 0 Å². The van der Waals surface area contributed by atoms with Crippen LogP contribution in [0.1, 0.15) is 58.4 Å². The summed E-state index contributed by atoms with van der Waals surface area (Å²) in [5.41, 5.74) is 1.71. The number of benzene rings is 1. The number of methoxy groups -OCH3 is 1. The molecule has 6 nitrogen and oxygen atoms in total. The van der Waals surface area contributed by atoms with E-state index in [4.69, 9.17) is 4.74 Å². The van der Waals surface area contributed by atoms with Crippen LogP contribution in [0.3, 0.4) is 0 Å². The number of rotatable bonds is 10. The lowest BCUT2D eigenvalue weighted by Gasteiger charge is -2.18. The second-order valence-electron chi connectivity index (χ2n) is 6.54. The molecule has 1 atom stereocenters. The summed E-state index contributed by atoms with van der Waals surface area (Å²) in [5, 5.41) is 9.54. The normalized spacial score (nSPS) is 12.4. The number of amides is 1. The van der Waals surface area contributed by atoms with E-state index >= 15 is 0 Å². The number of guanidine groups is 1. The zero-order valence-electron chi connectivity index (χ0n) is 16.8. The van der Waals surface area contributed by atoms with Crippen LogP contribution in [0.4, 0.5) is 5.69 Å². The first-order chi connectivity index (χ1) is 12.5. The van der Waals surface area contributed by atoms with E-state index in [2.05, 4.69) is 34.8 Å². The molecule has 0 spiro atoms. The van der Waals surface area contributed by atoms with Crippen LogP contribution < -0.4 is 20.7 Å². The molecule has 1 unspecified atom stereocenters. The average molecular weight is 363 g/mol. The van der Waals surface area contributed by atoms with Gasteiger partial charge in [-0.05, 0) is 31.0 Å². The first-order valence-corrected chi connectivity index (χ1v) is 9.41. The van der Waals surface area contributed by atoms with Crippen LogP contribution in [-0.4, -0.2) is 32.1 Å². The van der Waals surface area contributed by atoms with Crippen molar-refractivity contribution >= 4 is 17.6 Å². The zero-order valence-corrected chi connectivity index (χ0v) is 16.8. The maximum atomic E-state index is 11.3. The van der Waals surface area contributed by atoms with E-state index in [0.717, 1.165) is 17.9 Å². The minimum Gasteiger partial charge on any atom is -0.495 e. The highest BCUT2D eigenvalue weighted by Gasteiger charge is 2.08. The van der Waals surface area contributed by atoms with Gasteiger partial charge in [-0.1, -0.05) is 38.7 Å². The molecule has 0 aliphatic carbocycles. The summed E-state index contributed by atoms with van der Waals surface area (Å²) >= 11 is 0. The van der Waals surface area contributed by atoms with E-state index in [1.807, 2.05) is 18.2 Å². The minimum absolute atomic E-state index is 0.122. The van der Waals surface area contributed by atoms with Gasteiger partial charge in [0.25, 0.3) is 0 Å². The van der Waals surface area contributed by atoms with Gasteiger partial charge >= 0.3 is 0 Å². The Morgan fingerprint density at radius 1 is 1.27 bits per heavy atom. The van der Waals surface area contributed by atoms with Gasteiger partial charge in [0.1, 0.15) is 5.75 Å². The number of hydrogen-bond acceptors (Lipinski definition) is 3. The van der Waals surface area contributed by atoms with Gasteiger partial charge < -0.3 is 20.7 Å². The summed E-state index contributed by atoms with van der Waals surface area (Å²) in [6, 6.07) is 6.12. The van der Waals surface area contributed by atoms with Crippen molar-refractivity contribution in [3.63, 3.8) is 0 Å². The number of nitrogens with zero attached hydrogens (tertiary/aromatic N) is 1. The zero-order chi connectivity index (χ0) is 19.4. The molecule has 0 heterocycles. The van der Waals surface area contributed by atoms with Crippen LogP contribution in [-0.2, 0) is 11.3 Å². The molecule has 146 valence electrons.